The number of fused-ring (bicyclic) bond motifs is 3. The van der Waals surface area contributed by atoms with Gasteiger partial charge in [0.1, 0.15) is 11.2 Å². The van der Waals surface area contributed by atoms with Crippen LogP contribution in [0.5, 0.6) is 0 Å². The minimum absolute atomic E-state index is 0.468. The van der Waals surface area contributed by atoms with Gasteiger partial charge >= 0.3 is 0 Å². The maximum atomic E-state index is 6.32. The minimum Gasteiger partial charge on any atom is -0.455 e. The molecular weight excluding hydrogens is 364 g/mol. The monoisotopic (exact) mass is 392 g/mol. The molecule has 4 aromatic rings. The maximum Gasteiger partial charge on any atom is 0.143 e. The molecule has 8 rings (SSSR count). The third-order valence-corrected chi connectivity index (χ3v) is 8.50. The van der Waals surface area contributed by atoms with Crippen LogP contribution in [-0.2, 0) is 5.41 Å². The van der Waals surface area contributed by atoms with Crippen LogP contribution in [-0.4, -0.2) is 0 Å². The standard InChI is InChI=1S/C29H28O/c1-18-5-10-27-26(11-18)25-4-2-3-24(28(25)30-27)22-6-8-23(9-7-22)29-15-19-12-20(16-29)14-21(13-19)17-29/h2-11,19-21H,12-17H2,1H3. The number of para-hydroxylation sites is 1. The fourth-order valence-corrected chi connectivity index (χ4v) is 7.61. The van der Waals surface area contributed by atoms with Gasteiger partial charge in [-0.2, -0.15) is 0 Å². The molecule has 0 N–H and O–H groups in total. The van der Waals surface area contributed by atoms with Crippen LogP contribution in [0, 0.1) is 24.7 Å². The zero-order valence-electron chi connectivity index (χ0n) is 17.7. The van der Waals surface area contributed by atoms with Crippen molar-refractivity contribution in [1.29, 1.82) is 0 Å². The number of furan rings is 1. The summed E-state index contributed by atoms with van der Waals surface area (Å²) in [5.41, 5.74) is 7.81. The number of hydrogen-bond donors (Lipinski definition) is 0. The summed E-state index contributed by atoms with van der Waals surface area (Å²) < 4.78 is 6.32. The highest BCUT2D eigenvalue weighted by Crippen LogP contribution is 2.60. The van der Waals surface area contributed by atoms with Crippen molar-refractivity contribution in [3.8, 4) is 11.1 Å². The van der Waals surface area contributed by atoms with Crippen molar-refractivity contribution in [2.75, 3.05) is 0 Å². The Bertz CT molecular complexity index is 1240. The van der Waals surface area contributed by atoms with Crippen LogP contribution >= 0.6 is 0 Å². The lowest BCUT2D eigenvalue weighted by Crippen LogP contribution is -2.48. The second-order valence-corrected chi connectivity index (χ2v) is 10.6. The van der Waals surface area contributed by atoms with Crippen molar-refractivity contribution >= 4 is 21.9 Å². The number of hydrogen-bond acceptors (Lipinski definition) is 1. The van der Waals surface area contributed by atoms with Gasteiger partial charge in [-0.05, 0) is 91.9 Å². The Kier molecular flexibility index (Phi) is 3.44. The Morgan fingerprint density at radius 2 is 1.47 bits per heavy atom. The average molecular weight is 393 g/mol. The maximum absolute atomic E-state index is 6.32. The van der Waals surface area contributed by atoms with Gasteiger partial charge in [-0.3, -0.25) is 0 Å². The lowest BCUT2D eigenvalue weighted by Gasteiger charge is -2.57. The SMILES string of the molecule is Cc1ccc2oc3c(-c4ccc(C56CC7CC(CC(C7)C5)C6)cc4)cccc3c2c1. The molecule has 150 valence electrons. The molecule has 0 aliphatic heterocycles. The first-order valence-electron chi connectivity index (χ1n) is 11.7. The summed E-state index contributed by atoms with van der Waals surface area (Å²) in [7, 11) is 0. The second-order valence-electron chi connectivity index (χ2n) is 10.6. The number of aryl methyl sites for hydroxylation is 1. The zero-order chi connectivity index (χ0) is 19.9. The summed E-state index contributed by atoms with van der Waals surface area (Å²) in [6.07, 6.45) is 8.80. The van der Waals surface area contributed by atoms with Crippen LogP contribution < -0.4 is 0 Å². The van der Waals surface area contributed by atoms with E-state index in [1.165, 1.54) is 66.0 Å². The van der Waals surface area contributed by atoms with Crippen LogP contribution in [0.2, 0.25) is 0 Å². The van der Waals surface area contributed by atoms with Crippen molar-refractivity contribution in [2.45, 2.75) is 50.9 Å². The summed E-state index contributed by atoms with van der Waals surface area (Å²) in [4.78, 5) is 0. The van der Waals surface area contributed by atoms with E-state index in [0.717, 1.165) is 28.9 Å². The fraction of sp³-hybridized carbons (Fsp3) is 0.379. The highest BCUT2D eigenvalue weighted by atomic mass is 16.3. The molecule has 4 aliphatic carbocycles. The highest BCUT2D eigenvalue weighted by molar-refractivity contribution is 6.09. The van der Waals surface area contributed by atoms with Crippen molar-refractivity contribution in [2.24, 2.45) is 17.8 Å². The number of rotatable bonds is 2. The molecule has 0 spiro atoms. The zero-order valence-corrected chi connectivity index (χ0v) is 17.7. The average Bonchev–Trinajstić information content (AvgIpc) is 3.11. The predicted molar refractivity (Wildman–Crippen MR) is 124 cm³/mol. The normalized spacial score (nSPS) is 29.8. The molecule has 4 aliphatic rings. The molecule has 3 aromatic carbocycles. The van der Waals surface area contributed by atoms with E-state index in [2.05, 4.69) is 67.6 Å². The van der Waals surface area contributed by atoms with Gasteiger partial charge in [0, 0.05) is 16.3 Å². The molecule has 4 bridgehead atoms. The van der Waals surface area contributed by atoms with E-state index in [1.807, 2.05) is 0 Å². The fourth-order valence-electron chi connectivity index (χ4n) is 7.61. The molecule has 0 saturated heterocycles. The van der Waals surface area contributed by atoms with Crippen molar-refractivity contribution in [3.63, 3.8) is 0 Å². The summed E-state index contributed by atoms with van der Waals surface area (Å²) in [6, 6.07) is 22.6. The molecule has 0 atom stereocenters. The lowest BCUT2D eigenvalue weighted by atomic mass is 9.48. The van der Waals surface area contributed by atoms with Gasteiger partial charge in [-0.25, -0.2) is 0 Å². The van der Waals surface area contributed by atoms with Crippen molar-refractivity contribution in [1.82, 2.24) is 0 Å². The molecule has 1 heteroatoms. The quantitative estimate of drug-likeness (QED) is 0.336. The summed E-state index contributed by atoms with van der Waals surface area (Å²) >= 11 is 0. The van der Waals surface area contributed by atoms with Crippen molar-refractivity contribution < 1.29 is 4.42 Å². The molecule has 0 amide bonds. The molecule has 4 saturated carbocycles. The summed E-state index contributed by atoms with van der Waals surface area (Å²) in [6.45, 7) is 2.14. The van der Waals surface area contributed by atoms with Gasteiger partial charge < -0.3 is 4.42 Å². The van der Waals surface area contributed by atoms with Crippen LogP contribution in [0.25, 0.3) is 33.1 Å². The van der Waals surface area contributed by atoms with Crippen LogP contribution in [0.15, 0.2) is 65.1 Å². The predicted octanol–water partition coefficient (Wildman–Crippen LogP) is 8.03. The molecule has 30 heavy (non-hydrogen) atoms. The van der Waals surface area contributed by atoms with Crippen LogP contribution in [0.4, 0.5) is 0 Å². The topological polar surface area (TPSA) is 13.1 Å². The molecule has 0 radical (unpaired) electrons. The first kappa shape index (κ1) is 17.2. The van der Waals surface area contributed by atoms with Crippen molar-refractivity contribution in [3.05, 3.63) is 71.8 Å². The minimum atomic E-state index is 0.468. The van der Waals surface area contributed by atoms with Gasteiger partial charge in [0.05, 0.1) is 0 Å². The number of benzene rings is 3. The van der Waals surface area contributed by atoms with Crippen LogP contribution in [0.1, 0.15) is 49.7 Å². The van der Waals surface area contributed by atoms with Gasteiger partial charge in [0.2, 0.25) is 0 Å². The summed E-state index contributed by atoms with van der Waals surface area (Å²) in [5, 5.41) is 2.44. The van der Waals surface area contributed by atoms with E-state index >= 15 is 0 Å². The molecule has 0 unspecified atom stereocenters. The third kappa shape index (κ3) is 2.41. The molecule has 1 aromatic heterocycles. The first-order chi connectivity index (χ1) is 14.7. The molecule has 1 nitrogen and oxygen atoms in total. The Hall–Kier alpha value is -2.54. The first-order valence-corrected chi connectivity index (χ1v) is 11.7. The molecular formula is C29H28O. The molecule has 1 heterocycles. The van der Waals surface area contributed by atoms with E-state index < -0.39 is 0 Å². The summed E-state index contributed by atoms with van der Waals surface area (Å²) in [5.74, 6) is 2.97. The van der Waals surface area contributed by atoms with E-state index in [1.54, 1.807) is 5.56 Å². The largest absolute Gasteiger partial charge is 0.455 e. The van der Waals surface area contributed by atoms with Gasteiger partial charge in [-0.15, -0.1) is 0 Å². The van der Waals surface area contributed by atoms with E-state index in [4.69, 9.17) is 4.42 Å². The van der Waals surface area contributed by atoms with Gasteiger partial charge in [0.25, 0.3) is 0 Å². The highest BCUT2D eigenvalue weighted by Gasteiger charge is 2.51. The van der Waals surface area contributed by atoms with Crippen LogP contribution in [0.3, 0.4) is 0 Å². The Morgan fingerprint density at radius 1 is 0.767 bits per heavy atom. The Balaban J connectivity index is 1.31. The van der Waals surface area contributed by atoms with Gasteiger partial charge in [-0.1, -0.05) is 54.1 Å². The Labute approximate surface area is 178 Å². The second kappa shape index (κ2) is 6.00. The van der Waals surface area contributed by atoms with E-state index in [-0.39, 0.29) is 0 Å². The van der Waals surface area contributed by atoms with Gasteiger partial charge in [0.15, 0.2) is 0 Å². The third-order valence-electron chi connectivity index (χ3n) is 8.50. The molecule has 4 fully saturated rings. The van der Waals surface area contributed by atoms with E-state index in [9.17, 15) is 0 Å². The smallest absolute Gasteiger partial charge is 0.143 e. The Morgan fingerprint density at radius 3 is 2.17 bits per heavy atom. The lowest BCUT2D eigenvalue weighted by molar-refractivity contribution is -0.00518. The van der Waals surface area contributed by atoms with E-state index in [0.29, 0.717) is 5.41 Å².